The summed E-state index contributed by atoms with van der Waals surface area (Å²) in [4.78, 5) is 15.2. The minimum Gasteiger partial charge on any atom is -0.378 e. The first-order chi connectivity index (χ1) is 12.8. The summed E-state index contributed by atoms with van der Waals surface area (Å²) >= 11 is 0. The number of aromatic nitrogens is 1. The monoisotopic (exact) mass is 395 g/mol. The summed E-state index contributed by atoms with van der Waals surface area (Å²) in [6.07, 6.45) is 2.35. The molecule has 1 N–H and O–H groups in total. The summed E-state index contributed by atoms with van der Waals surface area (Å²) in [6, 6.07) is 6.65. The summed E-state index contributed by atoms with van der Waals surface area (Å²) < 4.78 is 45.2. The molecule has 2 fully saturated rings. The minimum absolute atomic E-state index is 0.104. The normalized spacial score (nSPS) is 26.3. The number of nitrogens with zero attached hydrogens (tertiary/aromatic N) is 2. The van der Waals surface area contributed by atoms with Gasteiger partial charge in [-0.05, 0) is 26.0 Å². The number of benzene rings is 1. The number of morpholine rings is 1. The molecule has 0 aliphatic carbocycles. The molecule has 1 aromatic carbocycles. The van der Waals surface area contributed by atoms with Crippen molar-refractivity contribution >= 4 is 26.8 Å². The Morgan fingerprint density at radius 1 is 1.22 bits per heavy atom. The lowest BCUT2D eigenvalue weighted by atomic mass is 9.90. The number of carbonyl (C=O) groups is 1. The maximum absolute atomic E-state index is 15.0. The lowest BCUT2D eigenvalue weighted by Crippen LogP contribution is -2.59. The number of nitrogens with one attached hydrogen (secondary N) is 1. The molecule has 146 valence electrons. The first-order valence-electron chi connectivity index (χ1n) is 8.87. The molecule has 1 aromatic heterocycles. The highest BCUT2D eigenvalue weighted by Crippen LogP contribution is 2.29. The fraction of sp³-hybridized carbons (Fsp3) is 0.500. The largest absolute Gasteiger partial charge is 0.378 e. The molecule has 4 rings (SSSR count). The van der Waals surface area contributed by atoms with Crippen LogP contribution in [0.15, 0.2) is 24.3 Å². The number of halogens is 1. The fourth-order valence-corrected chi connectivity index (χ4v) is 5.09. The van der Waals surface area contributed by atoms with E-state index in [1.54, 1.807) is 18.2 Å². The zero-order valence-electron chi connectivity index (χ0n) is 15.2. The fourth-order valence-electron chi connectivity index (χ4n) is 4.19. The lowest BCUT2D eigenvalue weighted by Gasteiger charge is -2.46. The number of rotatable bonds is 3. The number of hydrogen-bond acceptors (Lipinski definition) is 5. The smallest absolute Gasteiger partial charge is 0.256 e. The van der Waals surface area contributed by atoms with Crippen LogP contribution in [0.25, 0.3) is 10.9 Å². The molecule has 3 heterocycles. The molecule has 2 aliphatic rings. The molecule has 0 radical (unpaired) electrons. The Kier molecular flexibility index (Phi) is 4.48. The van der Waals surface area contributed by atoms with Crippen molar-refractivity contribution < 1.29 is 22.3 Å². The Labute approximate surface area is 157 Å². The van der Waals surface area contributed by atoms with E-state index >= 15 is 0 Å². The molecule has 0 spiro atoms. The number of hydrogen-bond donors (Lipinski definition) is 1. The van der Waals surface area contributed by atoms with Crippen LogP contribution >= 0.6 is 0 Å². The van der Waals surface area contributed by atoms with E-state index in [-0.39, 0.29) is 34.6 Å². The summed E-state index contributed by atoms with van der Waals surface area (Å²) in [7, 11) is -1.84. The van der Waals surface area contributed by atoms with Gasteiger partial charge in [-0.2, -0.15) is 4.39 Å². The maximum atomic E-state index is 15.0. The third-order valence-electron chi connectivity index (χ3n) is 5.56. The molecular weight excluding hydrogens is 373 g/mol. The van der Waals surface area contributed by atoms with Gasteiger partial charge in [-0.3, -0.25) is 9.69 Å². The van der Waals surface area contributed by atoms with E-state index in [0.29, 0.717) is 30.0 Å². The van der Waals surface area contributed by atoms with Gasteiger partial charge in [0.15, 0.2) is 0 Å². The van der Waals surface area contributed by atoms with E-state index < -0.39 is 21.9 Å². The second kappa shape index (κ2) is 6.57. The van der Waals surface area contributed by atoms with E-state index in [1.165, 1.54) is 6.07 Å². The molecule has 2 atom stereocenters. The van der Waals surface area contributed by atoms with Crippen LogP contribution in [-0.4, -0.2) is 67.8 Å². The third kappa shape index (κ3) is 3.13. The molecule has 9 heteroatoms. The van der Waals surface area contributed by atoms with E-state index in [0.717, 1.165) is 6.26 Å². The topological polar surface area (TPSA) is 80.6 Å². The number of amides is 1. The van der Waals surface area contributed by atoms with Crippen LogP contribution < -0.4 is 5.32 Å². The second-order valence-corrected chi connectivity index (χ2v) is 9.19. The predicted molar refractivity (Wildman–Crippen MR) is 98.8 cm³/mol. The highest BCUT2D eigenvalue weighted by atomic mass is 32.2. The summed E-state index contributed by atoms with van der Waals surface area (Å²) in [5, 5.41) is 3.20. The molecule has 7 nitrogen and oxygen atoms in total. The van der Waals surface area contributed by atoms with Crippen molar-refractivity contribution in [2.75, 3.05) is 26.5 Å². The average Bonchev–Trinajstić information content (AvgIpc) is 2.87. The molecular formula is C18H22FN3O4S. The van der Waals surface area contributed by atoms with E-state index in [9.17, 15) is 17.6 Å². The Morgan fingerprint density at radius 2 is 1.85 bits per heavy atom. The van der Waals surface area contributed by atoms with Crippen molar-refractivity contribution in [2.45, 2.75) is 31.0 Å². The number of fused-ring (bicyclic) bond motifs is 3. The van der Waals surface area contributed by atoms with Crippen molar-refractivity contribution in [1.82, 2.24) is 14.2 Å². The first kappa shape index (κ1) is 18.4. The molecule has 2 aromatic rings. The van der Waals surface area contributed by atoms with Gasteiger partial charge in [0.05, 0.1) is 25.0 Å². The van der Waals surface area contributed by atoms with Gasteiger partial charge in [0.2, 0.25) is 16.0 Å². The second-order valence-electron chi connectivity index (χ2n) is 7.36. The molecule has 2 bridgehead atoms. The van der Waals surface area contributed by atoms with Gasteiger partial charge in [0, 0.05) is 23.5 Å². The van der Waals surface area contributed by atoms with Crippen LogP contribution in [0.3, 0.4) is 0 Å². The van der Waals surface area contributed by atoms with E-state index in [4.69, 9.17) is 4.74 Å². The van der Waals surface area contributed by atoms with Crippen LogP contribution in [0.4, 0.5) is 4.39 Å². The van der Waals surface area contributed by atoms with Crippen molar-refractivity contribution in [1.29, 1.82) is 0 Å². The van der Waals surface area contributed by atoms with Gasteiger partial charge >= 0.3 is 0 Å². The molecule has 2 saturated heterocycles. The summed E-state index contributed by atoms with van der Waals surface area (Å²) in [5.74, 6) is -1.63. The molecule has 1 amide bonds. The highest BCUT2D eigenvalue weighted by molar-refractivity contribution is 7.89. The van der Waals surface area contributed by atoms with Gasteiger partial charge in [-0.25, -0.2) is 12.4 Å². The van der Waals surface area contributed by atoms with Crippen molar-refractivity contribution in [3.8, 4) is 0 Å². The lowest BCUT2D eigenvalue weighted by molar-refractivity contribution is -0.0670. The standard InChI is InChI=1S/C18H22FN3O4S/c1-21-12-7-11(8-13(21)10-26-9-12)20-18(23)16-14-5-3-4-6-15(14)22(17(16)19)27(2,24)25/h3-6,11-13H,7-10H2,1-2H3,(H,20,23). The summed E-state index contributed by atoms with van der Waals surface area (Å²) in [5.41, 5.74) is -0.0624. The number of ether oxygens (including phenoxy) is 1. The zero-order valence-corrected chi connectivity index (χ0v) is 16.0. The Bertz CT molecular complexity index is 989. The SMILES string of the molecule is CN1C2COCC1CC(NC(=O)c1c(F)n(S(C)(=O)=O)c3ccccc13)C2. The average molecular weight is 395 g/mol. The number of likely N-dealkylation sites (N-methyl/N-ethyl adjacent to an activating group) is 1. The quantitative estimate of drug-likeness (QED) is 0.844. The van der Waals surface area contributed by atoms with Gasteiger partial charge in [0.25, 0.3) is 5.91 Å². The zero-order chi connectivity index (χ0) is 19.3. The van der Waals surface area contributed by atoms with Gasteiger partial charge in [-0.1, -0.05) is 18.2 Å². The predicted octanol–water partition coefficient (Wildman–Crippen LogP) is 1.18. The van der Waals surface area contributed by atoms with E-state index in [2.05, 4.69) is 17.3 Å². The van der Waals surface area contributed by atoms with Crippen molar-refractivity contribution in [2.24, 2.45) is 0 Å². The minimum atomic E-state index is -3.89. The van der Waals surface area contributed by atoms with Crippen LogP contribution in [-0.2, 0) is 14.8 Å². The van der Waals surface area contributed by atoms with E-state index in [1.807, 2.05) is 0 Å². The van der Waals surface area contributed by atoms with Crippen molar-refractivity contribution in [3.63, 3.8) is 0 Å². The molecule has 2 unspecified atom stereocenters. The third-order valence-corrected chi connectivity index (χ3v) is 6.58. The van der Waals surface area contributed by atoms with Crippen LogP contribution in [0.1, 0.15) is 23.2 Å². The molecule has 27 heavy (non-hydrogen) atoms. The Balaban J connectivity index is 1.67. The van der Waals surface area contributed by atoms with Crippen LogP contribution in [0.5, 0.6) is 0 Å². The molecule has 2 aliphatic heterocycles. The van der Waals surface area contributed by atoms with Gasteiger partial charge in [-0.15, -0.1) is 0 Å². The number of carbonyl (C=O) groups excluding carboxylic acids is 1. The maximum Gasteiger partial charge on any atom is 0.256 e. The van der Waals surface area contributed by atoms with Crippen LogP contribution in [0.2, 0.25) is 0 Å². The first-order valence-corrected chi connectivity index (χ1v) is 10.7. The Morgan fingerprint density at radius 3 is 2.48 bits per heavy atom. The summed E-state index contributed by atoms with van der Waals surface area (Å²) in [6.45, 7) is 1.22. The van der Waals surface area contributed by atoms with Crippen molar-refractivity contribution in [3.05, 3.63) is 35.8 Å². The van der Waals surface area contributed by atoms with Crippen LogP contribution in [0, 0.1) is 5.95 Å². The molecule has 0 saturated carbocycles. The number of piperidine rings is 1. The van der Waals surface area contributed by atoms with Gasteiger partial charge in [0.1, 0.15) is 5.56 Å². The highest BCUT2D eigenvalue weighted by Gasteiger charge is 2.38. The van der Waals surface area contributed by atoms with Gasteiger partial charge < -0.3 is 10.1 Å². The number of para-hydroxylation sites is 1. The Hall–Kier alpha value is -1.97.